The highest BCUT2D eigenvalue weighted by atomic mass is 16.5. The van der Waals surface area contributed by atoms with Crippen LogP contribution in [-0.2, 0) is 14.3 Å². The van der Waals surface area contributed by atoms with E-state index in [2.05, 4.69) is 5.32 Å². The van der Waals surface area contributed by atoms with E-state index in [1.54, 1.807) is 12.1 Å². The number of hydrogen-bond donors (Lipinski definition) is 1. The van der Waals surface area contributed by atoms with Crippen LogP contribution in [0.3, 0.4) is 0 Å². The number of hydrogen-bond acceptors (Lipinski definition) is 4. The summed E-state index contributed by atoms with van der Waals surface area (Å²) in [6, 6.07) is 7.23. The number of carbonyl (C=O) groups is 2. The third-order valence-electron chi connectivity index (χ3n) is 4.40. The lowest BCUT2D eigenvalue weighted by Gasteiger charge is -2.27. The van der Waals surface area contributed by atoms with E-state index >= 15 is 0 Å². The van der Waals surface area contributed by atoms with E-state index in [0.29, 0.717) is 25.1 Å². The number of amides is 1. The van der Waals surface area contributed by atoms with Gasteiger partial charge in [0.25, 0.3) is 0 Å². The first-order valence-corrected chi connectivity index (χ1v) is 8.94. The van der Waals surface area contributed by atoms with Crippen molar-refractivity contribution in [2.24, 2.45) is 11.8 Å². The van der Waals surface area contributed by atoms with Crippen LogP contribution in [0.15, 0.2) is 36.4 Å². The molecule has 1 N–H and O–H groups in total. The zero-order chi connectivity index (χ0) is 18.2. The van der Waals surface area contributed by atoms with Crippen molar-refractivity contribution in [2.75, 3.05) is 11.9 Å². The van der Waals surface area contributed by atoms with E-state index in [9.17, 15) is 9.59 Å². The lowest BCUT2D eigenvalue weighted by Crippen LogP contribution is -2.36. The molecule has 1 aliphatic carbocycles. The molecular weight excluding hydrogens is 318 g/mol. The number of carbonyl (C=O) groups excluding carboxylic acids is 2. The molecule has 25 heavy (non-hydrogen) atoms. The molecule has 0 bridgehead atoms. The van der Waals surface area contributed by atoms with Gasteiger partial charge >= 0.3 is 5.97 Å². The number of benzene rings is 1. The van der Waals surface area contributed by atoms with Crippen LogP contribution in [-0.4, -0.2) is 24.6 Å². The van der Waals surface area contributed by atoms with Gasteiger partial charge in [-0.2, -0.15) is 0 Å². The summed E-state index contributed by atoms with van der Waals surface area (Å²) < 4.78 is 10.8. The summed E-state index contributed by atoms with van der Waals surface area (Å²) in [5.74, 6) is -0.518. The van der Waals surface area contributed by atoms with Gasteiger partial charge in [0.2, 0.25) is 5.91 Å². The molecule has 0 aliphatic heterocycles. The van der Waals surface area contributed by atoms with Gasteiger partial charge in [0, 0.05) is 5.69 Å². The summed E-state index contributed by atoms with van der Waals surface area (Å²) in [4.78, 5) is 25.1. The van der Waals surface area contributed by atoms with Crippen molar-refractivity contribution in [1.82, 2.24) is 0 Å². The highest BCUT2D eigenvalue weighted by Gasteiger charge is 2.35. The minimum absolute atomic E-state index is 0.131. The summed E-state index contributed by atoms with van der Waals surface area (Å²) in [6.07, 6.45) is 5.61. The number of nitrogens with one attached hydrogen (secondary N) is 1. The maximum atomic E-state index is 12.7. The Bertz CT molecular complexity index is 609. The van der Waals surface area contributed by atoms with Crippen LogP contribution in [0.4, 0.5) is 5.69 Å². The third kappa shape index (κ3) is 5.34. The van der Waals surface area contributed by atoms with Gasteiger partial charge < -0.3 is 14.8 Å². The van der Waals surface area contributed by atoms with Crippen LogP contribution >= 0.6 is 0 Å². The molecule has 3 atom stereocenters. The fraction of sp³-hybridized carbons (Fsp3) is 0.500. The molecule has 136 valence electrons. The van der Waals surface area contributed by atoms with E-state index in [4.69, 9.17) is 9.47 Å². The second-order valence-electron chi connectivity index (χ2n) is 6.26. The highest BCUT2D eigenvalue weighted by Crippen LogP contribution is 2.29. The van der Waals surface area contributed by atoms with Crippen LogP contribution in [0.25, 0.3) is 0 Å². The van der Waals surface area contributed by atoms with Crippen molar-refractivity contribution in [3.63, 3.8) is 0 Å². The van der Waals surface area contributed by atoms with Gasteiger partial charge in [-0.05, 0) is 57.4 Å². The zero-order valence-corrected chi connectivity index (χ0v) is 15.2. The van der Waals surface area contributed by atoms with Gasteiger partial charge in [-0.25, -0.2) is 0 Å². The molecule has 1 amide bonds. The average molecular weight is 345 g/mol. The highest BCUT2D eigenvalue weighted by molar-refractivity contribution is 5.95. The smallest absolute Gasteiger partial charge is 0.310 e. The van der Waals surface area contributed by atoms with E-state index in [1.807, 2.05) is 45.1 Å². The lowest BCUT2D eigenvalue weighted by molar-refractivity contribution is -0.157. The molecule has 2 rings (SSSR count). The summed E-state index contributed by atoms with van der Waals surface area (Å²) in [5, 5.41) is 2.90. The molecule has 0 radical (unpaired) electrons. The van der Waals surface area contributed by atoms with Gasteiger partial charge in [0.1, 0.15) is 5.75 Å². The molecule has 1 aromatic carbocycles. The second-order valence-corrected chi connectivity index (χ2v) is 6.26. The monoisotopic (exact) mass is 345 g/mol. The minimum atomic E-state index is -0.429. The molecule has 5 heteroatoms. The topological polar surface area (TPSA) is 64.6 Å². The number of anilines is 1. The fourth-order valence-corrected chi connectivity index (χ4v) is 2.77. The second kappa shape index (κ2) is 9.25. The Hall–Kier alpha value is -2.30. The molecule has 1 aromatic rings. The van der Waals surface area contributed by atoms with Crippen LogP contribution in [0, 0.1) is 11.8 Å². The van der Waals surface area contributed by atoms with Crippen molar-refractivity contribution >= 4 is 17.6 Å². The van der Waals surface area contributed by atoms with Crippen molar-refractivity contribution in [3.8, 4) is 5.75 Å². The Labute approximate surface area is 149 Å². The van der Waals surface area contributed by atoms with Crippen LogP contribution < -0.4 is 10.1 Å². The van der Waals surface area contributed by atoms with Crippen LogP contribution in [0.1, 0.15) is 40.0 Å². The SMILES string of the molecule is CCOc1ccc(NC(=O)[C@@H]2CC=CC[C@@H]2C(=O)O[C@@H](C)CC)cc1. The maximum absolute atomic E-state index is 12.7. The maximum Gasteiger partial charge on any atom is 0.310 e. The predicted molar refractivity (Wildman–Crippen MR) is 97.4 cm³/mol. The van der Waals surface area contributed by atoms with E-state index in [0.717, 1.165) is 12.2 Å². The lowest BCUT2D eigenvalue weighted by atomic mass is 9.82. The fourth-order valence-electron chi connectivity index (χ4n) is 2.77. The van der Waals surface area contributed by atoms with Crippen LogP contribution in [0.5, 0.6) is 5.75 Å². The summed E-state index contributed by atoms with van der Waals surface area (Å²) in [5.41, 5.74) is 0.692. The molecule has 1 aliphatic rings. The van der Waals surface area contributed by atoms with Gasteiger partial charge in [0.05, 0.1) is 24.5 Å². The Morgan fingerprint density at radius 3 is 2.36 bits per heavy atom. The molecule has 0 saturated carbocycles. The summed E-state index contributed by atoms with van der Waals surface area (Å²) >= 11 is 0. The van der Waals surface area contributed by atoms with Crippen molar-refractivity contribution in [1.29, 1.82) is 0 Å². The van der Waals surface area contributed by atoms with Crippen LogP contribution in [0.2, 0.25) is 0 Å². The van der Waals surface area contributed by atoms with Gasteiger partial charge in [-0.1, -0.05) is 19.1 Å². The largest absolute Gasteiger partial charge is 0.494 e. The molecule has 0 unspecified atom stereocenters. The molecule has 0 fully saturated rings. The first-order chi connectivity index (χ1) is 12.0. The number of esters is 1. The number of ether oxygens (including phenoxy) is 2. The Morgan fingerprint density at radius 2 is 1.76 bits per heavy atom. The summed E-state index contributed by atoms with van der Waals surface area (Å²) in [6.45, 7) is 6.35. The quantitative estimate of drug-likeness (QED) is 0.600. The zero-order valence-electron chi connectivity index (χ0n) is 15.2. The first-order valence-electron chi connectivity index (χ1n) is 8.94. The van der Waals surface area contributed by atoms with Crippen molar-refractivity contribution < 1.29 is 19.1 Å². The van der Waals surface area contributed by atoms with Gasteiger partial charge in [-0.15, -0.1) is 0 Å². The minimum Gasteiger partial charge on any atom is -0.494 e. The Balaban J connectivity index is 2.02. The molecule has 0 saturated heterocycles. The standard InChI is InChI=1S/C20H27NO4/c1-4-14(3)25-20(23)18-9-7-6-8-17(18)19(22)21-15-10-12-16(13-11-15)24-5-2/h6-7,10-14,17-18H,4-5,8-9H2,1-3H3,(H,21,22)/t14-,17+,18-/m0/s1. The Kier molecular flexibility index (Phi) is 7.04. The van der Waals surface area contributed by atoms with Gasteiger partial charge in [-0.3, -0.25) is 9.59 Å². The third-order valence-corrected chi connectivity index (χ3v) is 4.40. The van der Waals surface area contributed by atoms with E-state index in [-0.39, 0.29) is 18.0 Å². The predicted octanol–water partition coefficient (Wildman–Crippen LogP) is 3.95. The molecule has 0 heterocycles. The molecular formula is C20H27NO4. The molecule has 0 spiro atoms. The Morgan fingerprint density at radius 1 is 1.12 bits per heavy atom. The average Bonchev–Trinajstić information content (AvgIpc) is 2.63. The first kappa shape index (κ1) is 19.0. The normalized spacial score (nSPS) is 20.6. The van der Waals surface area contributed by atoms with Crippen molar-refractivity contribution in [3.05, 3.63) is 36.4 Å². The number of rotatable bonds is 7. The number of allylic oxidation sites excluding steroid dienone is 2. The molecule has 5 nitrogen and oxygen atoms in total. The van der Waals surface area contributed by atoms with E-state index < -0.39 is 11.8 Å². The van der Waals surface area contributed by atoms with Gasteiger partial charge in [0.15, 0.2) is 0 Å². The van der Waals surface area contributed by atoms with Crippen molar-refractivity contribution in [2.45, 2.75) is 46.1 Å². The summed E-state index contributed by atoms with van der Waals surface area (Å²) in [7, 11) is 0. The van der Waals surface area contributed by atoms with E-state index in [1.165, 1.54) is 0 Å². The molecule has 0 aromatic heterocycles.